The van der Waals surface area contributed by atoms with Crippen molar-refractivity contribution in [2.45, 2.75) is 50.0 Å². The average molecular weight is 606 g/mol. The quantitative estimate of drug-likeness (QED) is 0.300. The highest BCUT2D eigenvalue weighted by molar-refractivity contribution is 7.22. The third-order valence-corrected chi connectivity index (χ3v) is 9.46. The molecule has 0 spiro atoms. The smallest absolute Gasteiger partial charge is 0.417 e. The molecule has 3 N–H and O–H groups in total. The molecule has 0 amide bonds. The molecule has 3 atom stereocenters. The summed E-state index contributed by atoms with van der Waals surface area (Å²) in [6.07, 6.45) is -1.14. The molecule has 5 heterocycles. The second-order valence-corrected chi connectivity index (χ2v) is 12.3. The molecule has 2 aromatic carbocycles. The first-order valence-electron chi connectivity index (χ1n) is 13.9. The first kappa shape index (κ1) is 27.5. The number of ether oxygens (including phenoxy) is 1. The van der Waals surface area contributed by atoms with Crippen molar-refractivity contribution in [1.82, 2.24) is 25.2 Å². The highest BCUT2D eigenvalue weighted by Gasteiger charge is 2.39. The van der Waals surface area contributed by atoms with E-state index in [1.165, 1.54) is 0 Å². The minimum Gasteiger partial charge on any atom is -0.462 e. The van der Waals surface area contributed by atoms with Gasteiger partial charge in [-0.1, -0.05) is 11.3 Å². The fourth-order valence-electron chi connectivity index (χ4n) is 6.51. The van der Waals surface area contributed by atoms with Crippen LogP contribution in [0.3, 0.4) is 0 Å². The van der Waals surface area contributed by atoms with Crippen LogP contribution >= 0.6 is 11.3 Å². The Morgan fingerprint density at radius 1 is 1.07 bits per heavy atom. The molecule has 42 heavy (non-hydrogen) atoms. The van der Waals surface area contributed by atoms with Gasteiger partial charge in [-0.25, -0.2) is 13.8 Å². The van der Waals surface area contributed by atoms with Crippen LogP contribution in [0.4, 0.5) is 32.9 Å². The number of likely N-dealkylation sites (N-methyl/N-ethyl adjacent to an activating group) is 1. The molecule has 0 radical (unpaired) electrons. The van der Waals surface area contributed by atoms with E-state index in [2.05, 4.69) is 25.2 Å². The van der Waals surface area contributed by atoms with Crippen molar-refractivity contribution in [2.24, 2.45) is 0 Å². The van der Waals surface area contributed by atoms with Crippen LogP contribution in [0.25, 0.3) is 32.2 Å². The van der Waals surface area contributed by atoms with Crippen molar-refractivity contribution in [1.29, 1.82) is 0 Å². The van der Waals surface area contributed by atoms with Gasteiger partial charge in [-0.3, -0.25) is 0 Å². The third-order valence-electron chi connectivity index (χ3n) is 8.57. The maximum Gasteiger partial charge on any atom is 0.417 e. The van der Waals surface area contributed by atoms with Gasteiger partial charge in [0, 0.05) is 47.7 Å². The normalized spacial score (nSPS) is 23.0. The van der Waals surface area contributed by atoms with Gasteiger partial charge in [0.05, 0.1) is 15.8 Å². The number of thiazole rings is 1. The SMILES string of the molecule is CN1CCC[C@H]1COc1nc(N2CC3CCC(C2)N3)c2cc(C(F)(F)F)c(-c3ccc(F)c4sc(N)nc34)c(F)c2n1. The molecule has 0 aliphatic carbocycles. The van der Waals surface area contributed by atoms with Crippen molar-refractivity contribution < 1.29 is 26.7 Å². The topological polar surface area (TPSA) is 92.4 Å². The van der Waals surface area contributed by atoms with Gasteiger partial charge in [0.25, 0.3) is 0 Å². The molecular weight excluding hydrogens is 577 g/mol. The fraction of sp³-hybridized carbons (Fsp3) is 0.464. The van der Waals surface area contributed by atoms with Crippen molar-refractivity contribution in [2.75, 3.05) is 43.9 Å². The average Bonchev–Trinajstić information content (AvgIpc) is 3.64. The summed E-state index contributed by atoms with van der Waals surface area (Å²) >= 11 is 0.785. The molecule has 8 nitrogen and oxygen atoms in total. The van der Waals surface area contributed by atoms with E-state index in [1.807, 2.05) is 11.9 Å². The number of rotatable bonds is 5. The largest absolute Gasteiger partial charge is 0.462 e. The highest BCUT2D eigenvalue weighted by Crippen LogP contribution is 2.46. The summed E-state index contributed by atoms with van der Waals surface area (Å²) in [4.78, 5) is 17.0. The van der Waals surface area contributed by atoms with Crippen molar-refractivity contribution >= 4 is 43.4 Å². The number of nitrogens with zero attached hydrogens (tertiary/aromatic N) is 5. The Morgan fingerprint density at radius 3 is 2.52 bits per heavy atom. The third kappa shape index (κ3) is 4.69. The molecule has 0 saturated carbocycles. The standard InChI is InChI=1S/C28H28F5N7OS/c1-39-8-2-3-15(39)12-41-27-37-22-17(25(38-27)40-10-13-4-5-14(11-40)35-13)9-18(28(31,32)33)20(21(22)30)16-6-7-19(29)24-23(16)36-26(34)42-24/h6-7,9,13-15,35H,2-5,8,10-12H2,1H3,(H2,34,36)/t13?,14?,15-/m0/s1. The number of benzene rings is 2. The van der Waals surface area contributed by atoms with Crippen LogP contribution < -0.4 is 20.7 Å². The van der Waals surface area contributed by atoms with E-state index < -0.39 is 28.9 Å². The molecular formula is C28H28F5N7OS. The van der Waals surface area contributed by atoms with Gasteiger partial charge in [-0.15, -0.1) is 0 Å². The van der Waals surface area contributed by atoms with Crippen LogP contribution in [0.15, 0.2) is 18.2 Å². The molecule has 7 rings (SSSR count). The van der Waals surface area contributed by atoms with E-state index in [0.29, 0.717) is 13.1 Å². The summed E-state index contributed by atoms with van der Waals surface area (Å²) in [5.41, 5.74) is 3.12. The minimum atomic E-state index is -4.95. The van der Waals surface area contributed by atoms with Gasteiger partial charge in [-0.2, -0.15) is 23.1 Å². The maximum absolute atomic E-state index is 16.6. The van der Waals surface area contributed by atoms with Crippen molar-refractivity contribution in [3.8, 4) is 17.1 Å². The van der Waals surface area contributed by atoms with E-state index in [9.17, 15) is 17.6 Å². The fourth-order valence-corrected chi connectivity index (χ4v) is 7.27. The zero-order chi connectivity index (χ0) is 29.3. The number of nitrogens with one attached hydrogen (secondary N) is 1. The van der Waals surface area contributed by atoms with Crippen molar-refractivity contribution in [3.05, 3.63) is 35.4 Å². The Kier molecular flexibility index (Phi) is 6.62. The predicted molar refractivity (Wildman–Crippen MR) is 151 cm³/mol. The Labute approximate surface area is 241 Å². The number of fused-ring (bicyclic) bond motifs is 4. The Bertz CT molecular complexity index is 1680. The molecule has 3 fully saturated rings. The van der Waals surface area contributed by atoms with E-state index in [1.54, 1.807) is 0 Å². The lowest BCUT2D eigenvalue weighted by Crippen LogP contribution is -2.51. The zero-order valence-electron chi connectivity index (χ0n) is 22.6. The molecule has 14 heteroatoms. The summed E-state index contributed by atoms with van der Waals surface area (Å²) in [7, 11) is 1.99. The van der Waals surface area contributed by atoms with Gasteiger partial charge in [0.2, 0.25) is 0 Å². The van der Waals surface area contributed by atoms with E-state index in [4.69, 9.17) is 10.5 Å². The number of likely N-dealkylation sites (tertiary alicyclic amines) is 1. The van der Waals surface area contributed by atoms with Crippen LogP contribution in [0, 0.1) is 11.6 Å². The zero-order valence-corrected chi connectivity index (χ0v) is 23.5. The molecule has 2 bridgehead atoms. The molecule has 4 aromatic rings. The number of alkyl halides is 3. The van der Waals surface area contributed by atoms with Crippen LogP contribution in [0.1, 0.15) is 31.2 Å². The molecule has 2 unspecified atom stereocenters. The molecule has 2 aromatic heterocycles. The van der Waals surface area contributed by atoms with Crippen LogP contribution in [0.2, 0.25) is 0 Å². The van der Waals surface area contributed by atoms with Gasteiger partial charge in [0.1, 0.15) is 23.8 Å². The number of aromatic nitrogens is 3. The Morgan fingerprint density at radius 2 is 1.83 bits per heavy atom. The number of hydrogen-bond acceptors (Lipinski definition) is 9. The summed E-state index contributed by atoms with van der Waals surface area (Å²) in [5, 5.41) is 3.39. The van der Waals surface area contributed by atoms with Gasteiger partial charge in [0.15, 0.2) is 10.9 Å². The molecule has 3 saturated heterocycles. The lowest BCUT2D eigenvalue weighted by atomic mass is 9.95. The minimum absolute atomic E-state index is 0.0448. The van der Waals surface area contributed by atoms with E-state index in [0.717, 1.165) is 61.8 Å². The number of anilines is 2. The Hall–Kier alpha value is -3.36. The van der Waals surface area contributed by atoms with Gasteiger partial charge >= 0.3 is 12.2 Å². The lowest BCUT2D eigenvalue weighted by Gasteiger charge is -2.34. The highest BCUT2D eigenvalue weighted by atomic mass is 32.1. The number of piperazine rings is 1. The summed E-state index contributed by atoms with van der Waals surface area (Å²) in [5.74, 6) is -1.71. The van der Waals surface area contributed by atoms with Gasteiger partial charge in [-0.05, 0) is 57.5 Å². The number of nitrogen functional groups attached to an aromatic ring is 1. The monoisotopic (exact) mass is 605 g/mol. The second kappa shape index (κ2) is 10.1. The van der Waals surface area contributed by atoms with E-state index in [-0.39, 0.29) is 68.4 Å². The van der Waals surface area contributed by atoms with Crippen LogP contribution in [0.5, 0.6) is 6.01 Å². The van der Waals surface area contributed by atoms with Gasteiger partial charge < -0.3 is 25.6 Å². The number of halogens is 5. The second-order valence-electron chi connectivity index (χ2n) is 11.3. The van der Waals surface area contributed by atoms with Crippen LogP contribution in [-0.4, -0.2) is 71.3 Å². The Balaban J connectivity index is 1.45. The molecule has 3 aliphatic heterocycles. The summed E-state index contributed by atoms with van der Waals surface area (Å²) in [6, 6.07) is 3.31. The van der Waals surface area contributed by atoms with Crippen molar-refractivity contribution in [3.63, 3.8) is 0 Å². The van der Waals surface area contributed by atoms with E-state index >= 15 is 4.39 Å². The first-order valence-corrected chi connectivity index (χ1v) is 14.7. The molecule has 3 aliphatic rings. The summed E-state index contributed by atoms with van der Waals surface area (Å²) in [6.45, 7) is 2.20. The first-order chi connectivity index (χ1) is 20.1. The summed E-state index contributed by atoms with van der Waals surface area (Å²) < 4.78 is 81.1. The lowest BCUT2D eigenvalue weighted by molar-refractivity contribution is -0.137. The van der Waals surface area contributed by atoms with Crippen LogP contribution in [-0.2, 0) is 6.18 Å². The number of hydrogen-bond donors (Lipinski definition) is 2. The maximum atomic E-state index is 16.6. The number of nitrogens with two attached hydrogens (primary N) is 1. The predicted octanol–water partition coefficient (Wildman–Crippen LogP) is 5.20. The molecule has 222 valence electrons.